The lowest BCUT2D eigenvalue weighted by atomic mass is 10.0. The fraction of sp³-hybridized carbons (Fsp3) is 0.969. The molecule has 2 heteroatoms. The van der Waals surface area contributed by atoms with E-state index in [0.29, 0.717) is 6.42 Å². The first-order valence-electron chi connectivity index (χ1n) is 15.9. The van der Waals surface area contributed by atoms with Crippen LogP contribution >= 0.6 is 0 Å². The topological polar surface area (TPSA) is 26.3 Å². The molecule has 0 aromatic rings. The predicted octanol–water partition coefficient (Wildman–Crippen LogP) is 11.5. The van der Waals surface area contributed by atoms with Gasteiger partial charge in [-0.2, -0.15) is 0 Å². The minimum atomic E-state index is 0.0616. The van der Waals surface area contributed by atoms with Crippen LogP contribution in [0.4, 0.5) is 0 Å². The summed E-state index contributed by atoms with van der Waals surface area (Å²) in [6.45, 7) is 6.81. The maximum atomic E-state index is 12.4. The molecule has 0 saturated carbocycles. The second-order valence-corrected chi connectivity index (χ2v) is 10.9. The van der Waals surface area contributed by atoms with Crippen molar-refractivity contribution < 1.29 is 9.53 Å². The molecule has 0 saturated heterocycles. The second kappa shape index (κ2) is 28.7. The number of unbranched alkanes of at least 4 members (excludes halogenated alkanes) is 21. The number of hydrogen-bond acceptors (Lipinski definition) is 2. The van der Waals surface area contributed by atoms with Crippen LogP contribution in [-0.2, 0) is 9.53 Å². The summed E-state index contributed by atoms with van der Waals surface area (Å²) < 4.78 is 5.94. The highest BCUT2D eigenvalue weighted by molar-refractivity contribution is 5.69. The van der Waals surface area contributed by atoms with Crippen LogP contribution in [0.25, 0.3) is 0 Å². The van der Waals surface area contributed by atoms with Gasteiger partial charge in [-0.3, -0.25) is 4.79 Å². The van der Waals surface area contributed by atoms with Gasteiger partial charge in [0.05, 0.1) is 0 Å². The van der Waals surface area contributed by atoms with E-state index in [1.165, 1.54) is 148 Å². The molecular formula is C32H64O2. The van der Waals surface area contributed by atoms with Gasteiger partial charge in [0, 0.05) is 6.42 Å². The molecule has 0 bridgehead atoms. The first-order valence-corrected chi connectivity index (χ1v) is 15.9. The van der Waals surface area contributed by atoms with Gasteiger partial charge in [0.15, 0.2) is 0 Å². The maximum Gasteiger partial charge on any atom is 0.306 e. The van der Waals surface area contributed by atoms with Crippen molar-refractivity contribution in [3.63, 3.8) is 0 Å². The second-order valence-electron chi connectivity index (χ2n) is 10.9. The molecule has 0 N–H and O–H groups in total. The van der Waals surface area contributed by atoms with E-state index in [-0.39, 0.29) is 12.1 Å². The first-order chi connectivity index (χ1) is 16.7. The molecule has 0 radical (unpaired) electrons. The van der Waals surface area contributed by atoms with Gasteiger partial charge in [-0.1, -0.05) is 156 Å². The van der Waals surface area contributed by atoms with Crippen molar-refractivity contribution in [1.29, 1.82) is 0 Å². The molecule has 1 atom stereocenters. The molecule has 0 heterocycles. The highest BCUT2D eigenvalue weighted by Gasteiger charge is 2.14. The Labute approximate surface area is 215 Å². The van der Waals surface area contributed by atoms with E-state index < -0.39 is 0 Å². The van der Waals surface area contributed by atoms with Crippen LogP contribution in [0.15, 0.2) is 0 Å². The summed E-state index contributed by atoms with van der Waals surface area (Å²) in [6, 6.07) is 0. The van der Waals surface area contributed by atoms with Crippen LogP contribution in [0, 0.1) is 0 Å². The van der Waals surface area contributed by atoms with E-state index in [1.54, 1.807) is 0 Å². The van der Waals surface area contributed by atoms with Gasteiger partial charge in [-0.05, 0) is 32.1 Å². The normalized spacial score (nSPS) is 12.2. The van der Waals surface area contributed by atoms with Gasteiger partial charge < -0.3 is 4.74 Å². The molecular weight excluding hydrogens is 416 g/mol. The van der Waals surface area contributed by atoms with Crippen LogP contribution in [-0.4, -0.2) is 12.1 Å². The third kappa shape index (κ3) is 26.1. The highest BCUT2D eigenvalue weighted by Crippen LogP contribution is 2.18. The van der Waals surface area contributed by atoms with Crippen molar-refractivity contribution in [3.05, 3.63) is 0 Å². The minimum Gasteiger partial charge on any atom is -0.462 e. The van der Waals surface area contributed by atoms with Gasteiger partial charge in [-0.25, -0.2) is 0 Å². The van der Waals surface area contributed by atoms with E-state index in [1.807, 2.05) is 0 Å². The molecule has 1 unspecified atom stereocenters. The Morgan fingerprint density at radius 1 is 0.441 bits per heavy atom. The standard InChI is InChI=1S/C32H64O2/c1-4-7-10-13-15-16-17-18-19-20-22-24-27-30-32(33)34-31(28-25-12-9-6-3)29-26-23-21-14-11-8-5-2/h31H,4-30H2,1-3H3. The lowest BCUT2D eigenvalue weighted by molar-refractivity contribution is -0.150. The van der Waals surface area contributed by atoms with Crippen LogP contribution in [0.3, 0.4) is 0 Å². The van der Waals surface area contributed by atoms with Crippen molar-refractivity contribution in [2.75, 3.05) is 0 Å². The summed E-state index contributed by atoms with van der Waals surface area (Å²) in [5.74, 6) is 0.0616. The zero-order valence-corrected chi connectivity index (χ0v) is 24.0. The summed E-state index contributed by atoms with van der Waals surface area (Å²) in [5.41, 5.74) is 0. The molecule has 0 aliphatic rings. The fourth-order valence-corrected chi connectivity index (χ4v) is 4.92. The molecule has 204 valence electrons. The largest absolute Gasteiger partial charge is 0.462 e. The molecule has 0 fully saturated rings. The SMILES string of the molecule is CCCCCCCCCCCCCCCC(=O)OC(CCCCCC)CCCCCCCCC. The van der Waals surface area contributed by atoms with Gasteiger partial charge in [-0.15, -0.1) is 0 Å². The van der Waals surface area contributed by atoms with Crippen LogP contribution in [0.1, 0.15) is 194 Å². The predicted molar refractivity (Wildman–Crippen MR) is 152 cm³/mol. The third-order valence-corrected chi connectivity index (χ3v) is 7.29. The minimum absolute atomic E-state index is 0.0616. The molecule has 0 aromatic heterocycles. The number of esters is 1. The summed E-state index contributed by atoms with van der Waals surface area (Å²) in [4.78, 5) is 12.4. The Morgan fingerprint density at radius 3 is 1.12 bits per heavy atom. The zero-order chi connectivity index (χ0) is 25.0. The van der Waals surface area contributed by atoms with E-state index in [0.717, 1.165) is 19.3 Å². The van der Waals surface area contributed by atoms with E-state index in [2.05, 4.69) is 20.8 Å². The summed E-state index contributed by atoms with van der Waals surface area (Å²) >= 11 is 0. The molecule has 0 spiro atoms. The molecule has 0 aliphatic carbocycles. The molecule has 0 amide bonds. The lowest BCUT2D eigenvalue weighted by Gasteiger charge is -2.18. The number of carbonyl (C=O) groups excluding carboxylic acids is 1. The number of hydrogen-bond donors (Lipinski definition) is 0. The Bertz CT molecular complexity index is 392. The van der Waals surface area contributed by atoms with Gasteiger partial charge in [0.1, 0.15) is 6.10 Å². The summed E-state index contributed by atoms with van der Waals surface area (Å²) in [7, 11) is 0. The average Bonchev–Trinajstić information content (AvgIpc) is 2.84. The zero-order valence-electron chi connectivity index (χ0n) is 24.0. The van der Waals surface area contributed by atoms with Crippen LogP contribution in [0.2, 0.25) is 0 Å². The van der Waals surface area contributed by atoms with Gasteiger partial charge >= 0.3 is 5.97 Å². The average molecular weight is 481 g/mol. The molecule has 34 heavy (non-hydrogen) atoms. The molecule has 0 aliphatic heterocycles. The number of rotatable bonds is 28. The van der Waals surface area contributed by atoms with E-state index in [4.69, 9.17) is 4.74 Å². The number of carbonyl (C=O) groups is 1. The van der Waals surface area contributed by atoms with Crippen LogP contribution < -0.4 is 0 Å². The Balaban J connectivity index is 3.76. The highest BCUT2D eigenvalue weighted by atomic mass is 16.5. The molecule has 0 rings (SSSR count). The lowest BCUT2D eigenvalue weighted by Crippen LogP contribution is -2.18. The van der Waals surface area contributed by atoms with Crippen molar-refractivity contribution in [2.45, 2.75) is 200 Å². The van der Waals surface area contributed by atoms with Crippen molar-refractivity contribution in [3.8, 4) is 0 Å². The monoisotopic (exact) mass is 480 g/mol. The first kappa shape index (κ1) is 33.5. The van der Waals surface area contributed by atoms with Crippen LogP contribution in [0.5, 0.6) is 0 Å². The molecule has 2 nitrogen and oxygen atoms in total. The summed E-state index contributed by atoms with van der Waals surface area (Å²) in [5, 5.41) is 0. The quantitative estimate of drug-likeness (QED) is 0.0821. The fourth-order valence-electron chi connectivity index (χ4n) is 4.92. The van der Waals surface area contributed by atoms with E-state index in [9.17, 15) is 4.79 Å². The summed E-state index contributed by atoms with van der Waals surface area (Å²) in [6.07, 6.45) is 34.8. The van der Waals surface area contributed by atoms with E-state index >= 15 is 0 Å². The molecule has 0 aromatic carbocycles. The van der Waals surface area contributed by atoms with Crippen molar-refractivity contribution >= 4 is 5.97 Å². The Morgan fingerprint density at radius 2 is 0.735 bits per heavy atom. The van der Waals surface area contributed by atoms with Gasteiger partial charge in [0.2, 0.25) is 0 Å². The van der Waals surface area contributed by atoms with Gasteiger partial charge in [0.25, 0.3) is 0 Å². The maximum absolute atomic E-state index is 12.4. The smallest absolute Gasteiger partial charge is 0.306 e. The number of ether oxygens (including phenoxy) is 1. The third-order valence-electron chi connectivity index (χ3n) is 7.29. The van der Waals surface area contributed by atoms with Crippen molar-refractivity contribution in [1.82, 2.24) is 0 Å². The Hall–Kier alpha value is -0.530. The van der Waals surface area contributed by atoms with Crippen molar-refractivity contribution in [2.24, 2.45) is 0 Å². The Kier molecular flexibility index (Phi) is 28.3.